The zero-order valence-electron chi connectivity index (χ0n) is 13.7. The van der Waals surface area contributed by atoms with E-state index in [1.165, 1.54) is 24.0 Å². The second-order valence-corrected chi connectivity index (χ2v) is 5.77. The molecule has 0 aliphatic heterocycles. The summed E-state index contributed by atoms with van der Waals surface area (Å²) in [6, 6.07) is 7.98. The maximum absolute atomic E-state index is 5.94. The van der Waals surface area contributed by atoms with Gasteiger partial charge in [-0.2, -0.15) is 0 Å². The van der Waals surface area contributed by atoms with E-state index >= 15 is 0 Å². The van der Waals surface area contributed by atoms with Crippen molar-refractivity contribution in [3.63, 3.8) is 0 Å². The molecule has 2 heterocycles. The SMILES string of the molecule is COc1ncccc1C1=C(COc2ccc(C)nc2)CCCC1. The zero-order chi connectivity index (χ0) is 16.1. The third-order valence-corrected chi connectivity index (χ3v) is 4.17. The third-order valence-electron chi connectivity index (χ3n) is 4.17. The van der Waals surface area contributed by atoms with Gasteiger partial charge in [0.25, 0.3) is 0 Å². The Bertz CT molecular complexity index is 693. The fourth-order valence-corrected chi connectivity index (χ4v) is 2.95. The molecule has 0 amide bonds. The standard InChI is InChI=1S/C19H22N2O2/c1-14-9-10-16(12-21-14)23-13-15-6-3-4-7-17(15)18-8-5-11-20-19(18)22-2/h5,8-12H,3-4,6-7,13H2,1-2H3. The van der Waals surface area contributed by atoms with E-state index in [1.807, 2.05) is 25.1 Å². The summed E-state index contributed by atoms with van der Waals surface area (Å²) in [7, 11) is 1.67. The van der Waals surface area contributed by atoms with E-state index < -0.39 is 0 Å². The predicted octanol–water partition coefficient (Wildman–Crippen LogP) is 4.20. The van der Waals surface area contributed by atoms with Crippen LogP contribution in [0.15, 0.2) is 42.2 Å². The Balaban J connectivity index is 1.84. The monoisotopic (exact) mass is 310 g/mol. The summed E-state index contributed by atoms with van der Waals surface area (Å²) in [5, 5.41) is 0. The molecule has 2 aromatic heterocycles. The van der Waals surface area contributed by atoms with Gasteiger partial charge in [0.05, 0.1) is 13.3 Å². The molecule has 120 valence electrons. The quantitative estimate of drug-likeness (QED) is 0.830. The minimum Gasteiger partial charge on any atom is -0.488 e. The number of pyridine rings is 2. The first-order valence-corrected chi connectivity index (χ1v) is 8.03. The molecule has 0 aromatic carbocycles. The van der Waals surface area contributed by atoms with Crippen molar-refractivity contribution < 1.29 is 9.47 Å². The highest BCUT2D eigenvalue weighted by molar-refractivity contribution is 5.72. The van der Waals surface area contributed by atoms with Gasteiger partial charge in [-0.15, -0.1) is 0 Å². The molecule has 0 unspecified atom stereocenters. The van der Waals surface area contributed by atoms with Crippen LogP contribution in [-0.2, 0) is 0 Å². The van der Waals surface area contributed by atoms with Crippen molar-refractivity contribution in [2.45, 2.75) is 32.6 Å². The van der Waals surface area contributed by atoms with Crippen LogP contribution >= 0.6 is 0 Å². The fourth-order valence-electron chi connectivity index (χ4n) is 2.95. The van der Waals surface area contributed by atoms with E-state index in [1.54, 1.807) is 19.5 Å². The molecule has 0 fully saturated rings. The van der Waals surface area contributed by atoms with Crippen LogP contribution in [0.1, 0.15) is 36.9 Å². The summed E-state index contributed by atoms with van der Waals surface area (Å²) < 4.78 is 11.4. The van der Waals surface area contributed by atoms with Crippen molar-refractivity contribution in [3.05, 3.63) is 53.5 Å². The van der Waals surface area contributed by atoms with Gasteiger partial charge in [-0.3, -0.25) is 4.98 Å². The summed E-state index contributed by atoms with van der Waals surface area (Å²) in [4.78, 5) is 8.60. The number of rotatable bonds is 5. The Morgan fingerprint density at radius 1 is 1.09 bits per heavy atom. The smallest absolute Gasteiger partial charge is 0.220 e. The Morgan fingerprint density at radius 3 is 2.74 bits per heavy atom. The molecule has 4 heteroatoms. The van der Waals surface area contributed by atoms with Crippen molar-refractivity contribution in [1.82, 2.24) is 9.97 Å². The number of hydrogen-bond acceptors (Lipinski definition) is 4. The molecule has 23 heavy (non-hydrogen) atoms. The molecular weight excluding hydrogens is 288 g/mol. The van der Waals surface area contributed by atoms with Crippen molar-refractivity contribution >= 4 is 5.57 Å². The minimum absolute atomic E-state index is 0.595. The number of aromatic nitrogens is 2. The Morgan fingerprint density at radius 2 is 1.96 bits per heavy atom. The fraction of sp³-hybridized carbons (Fsp3) is 0.368. The minimum atomic E-state index is 0.595. The number of hydrogen-bond donors (Lipinski definition) is 0. The van der Waals surface area contributed by atoms with Gasteiger partial charge in [-0.05, 0) is 68.0 Å². The third kappa shape index (κ3) is 3.70. The lowest BCUT2D eigenvalue weighted by molar-refractivity contribution is 0.343. The van der Waals surface area contributed by atoms with Crippen molar-refractivity contribution in [1.29, 1.82) is 0 Å². The van der Waals surface area contributed by atoms with Crippen LogP contribution < -0.4 is 9.47 Å². The molecule has 0 saturated carbocycles. The largest absolute Gasteiger partial charge is 0.488 e. The van der Waals surface area contributed by atoms with E-state index in [-0.39, 0.29) is 0 Å². The molecule has 4 nitrogen and oxygen atoms in total. The maximum atomic E-state index is 5.94. The Hall–Kier alpha value is -2.36. The van der Waals surface area contributed by atoms with Crippen molar-refractivity contribution in [2.75, 3.05) is 13.7 Å². The molecule has 0 saturated heterocycles. The highest BCUT2D eigenvalue weighted by Gasteiger charge is 2.18. The molecule has 1 aliphatic carbocycles. The summed E-state index contributed by atoms with van der Waals surface area (Å²) in [5.74, 6) is 1.50. The van der Waals surface area contributed by atoms with Crippen LogP contribution in [0.25, 0.3) is 5.57 Å². The molecule has 0 radical (unpaired) electrons. The van der Waals surface area contributed by atoms with Crippen LogP contribution in [0.3, 0.4) is 0 Å². The van der Waals surface area contributed by atoms with Crippen molar-refractivity contribution in [3.8, 4) is 11.6 Å². The first kappa shape index (κ1) is 15.5. The lowest BCUT2D eigenvalue weighted by atomic mass is 9.88. The summed E-state index contributed by atoms with van der Waals surface area (Å²) in [6.07, 6.45) is 8.06. The van der Waals surface area contributed by atoms with Gasteiger partial charge < -0.3 is 9.47 Å². The highest BCUT2D eigenvalue weighted by atomic mass is 16.5. The van der Waals surface area contributed by atoms with Crippen LogP contribution in [0, 0.1) is 6.92 Å². The molecule has 1 aliphatic rings. The first-order valence-electron chi connectivity index (χ1n) is 8.03. The Kier molecular flexibility index (Phi) is 4.91. The lowest BCUT2D eigenvalue weighted by Crippen LogP contribution is -2.09. The summed E-state index contributed by atoms with van der Waals surface area (Å²) in [5.41, 5.74) is 4.75. The molecule has 0 spiro atoms. The van der Waals surface area contributed by atoms with Gasteiger partial charge in [0.15, 0.2) is 0 Å². The van der Waals surface area contributed by atoms with E-state index in [0.29, 0.717) is 12.5 Å². The summed E-state index contributed by atoms with van der Waals surface area (Å²) >= 11 is 0. The molecular formula is C19H22N2O2. The molecule has 2 aromatic rings. The number of allylic oxidation sites excluding steroid dienone is 1. The van der Waals surface area contributed by atoms with Crippen LogP contribution in [0.4, 0.5) is 0 Å². The topological polar surface area (TPSA) is 44.2 Å². The Labute approximate surface area is 137 Å². The van der Waals surface area contributed by atoms with Gasteiger partial charge in [0, 0.05) is 17.5 Å². The summed E-state index contributed by atoms with van der Waals surface area (Å²) in [6.45, 7) is 2.57. The van der Waals surface area contributed by atoms with E-state index in [4.69, 9.17) is 9.47 Å². The zero-order valence-corrected chi connectivity index (χ0v) is 13.7. The van der Waals surface area contributed by atoms with E-state index in [2.05, 4.69) is 16.0 Å². The molecule has 0 bridgehead atoms. The van der Waals surface area contributed by atoms with Gasteiger partial charge >= 0.3 is 0 Å². The predicted molar refractivity (Wildman–Crippen MR) is 90.6 cm³/mol. The van der Waals surface area contributed by atoms with E-state index in [9.17, 15) is 0 Å². The van der Waals surface area contributed by atoms with Crippen LogP contribution in [0.5, 0.6) is 11.6 Å². The average molecular weight is 310 g/mol. The van der Waals surface area contributed by atoms with Crippen molar-refractivity contribution in [2.24, 2.45) is 0 Å². The second-order valence-electron chi connectivity index (χ2n) is 5.77. The average Bonchev–Trinajstić information content (AvgIpc) is 2.61. The number of ether oxygens (including phenoxy) is 2. The highest BCUT2D eigenvalue weighted by Crippen LogP contribution is 2.36. The van der Waals surface area contributed by atoms with Crippen LogP contribution in [-0.4, -0.2) is 23.7 Å². The molecule has 0 atom stereocenters. The number of methoxy groups -OCH3 is 1. The first-order chi connectivity index (χ1) is 11.3. The normalized spacial score (nSPS) is 14.7. The van der Waals surface area contributed by atoms with E-state index in [0.717, 1.165) is 29.8 Å². The second kappa shape index (κ2) is 7.27. The van der Waals surface area contributed by atoms with Gasteiger partial charge in [0.1, 0.15) is 12.4 Å². The van der Waals surface area contributed by atoms with Gasteiger partial charge in [-0.25, -0.2) is 4.98 Å². The van der Waals surface area contributed by atoms with Gasteiger partial charge in [0.2, 0.25) is 5.88 Å². The molecule has 0 N–H and O–H groups in total. The lowest BCUT2D eigenvalue weighted by Gasteiger charge is -2.22. The number of nitrogens with zero attached hydrogens (tertiary/aromatic N) is 2. The molecule has 3 rings (SSSR count). The van der Waals surface area contributed by atoms with Crippen LogP contribution in [0.2, 0.25) is 0 Å². The maximum Gasteiger partial charge on any atom is 0.220 e. The number of aryl methyl sites for hydroxylation is 1. The van der Waals surface area contributed by atoms with Gasteiger partial charge in [-0.1, -0.05) is 0 Å².